The van der Waals surface area contributed by atoms with E-state index in [9.17, 15) is 27.5 Å². The second kappa shape index (κ2) is 10.5. The van der Waals surface area contributed by atoms with Gasteiger partial charge in [-0.1, -0.05) is 17.7 Å². The number of anilines is 1. The summed E-state index contributed by atoms with van der Waals surface area (Å²) in [5, 5.41) is 12.2. The highest BCUT2D eigenvalue weighted by Gasteiger charge is 2.26. The van der Waals surface area contributed by atoms with Gasteiger partial charge in [-0.3, -0.25) is 9.52 Å². The van der Waals surface area contributed by atoms with E-state index in [-0.39, 0.29) is 32.2 Å². The summed E-state index contributed by atoms with van der Waals surface area (Å²) in [7, 11) is -4.27. The van der Waals surface area contributed by atoms with Crippen LogP contribution in [0.1, 0.15) is 15.9 Å². The monoisotopic (exact) mass is 612 g/mol. The van der Waals surface area contributed by atoms with Crippen LogP contribution in [0.15, 0.2) is 64.4 Å². The number of nitrogens with zero attached hydrogens (tertiary/aromatic N) is 2. The van der Waals surface area contributed by atoms with E-state index in [1.165, 1.54) is 48.8 Å². The number of carboxylic acid groups (broad SMARTS) is 1. The number of rotatable bonds is 8. The van der Waals surface area contributed by atoms with Crippen LogP contribution < -0.4 is 10.0 Å². The SMILES string of the molecule is O=C(N[C@@H](Cc1ccc(F)c(Br)c1)C(=O)O)c1ccc(Cl)cc1NS(=O)(=O)c1nccc2sncc12. The normalized spacial score (nSPS) is 12.3. The van der Waals surface area contributed by atoms with Gasteiger partial charge in [-0.25, -0.2) is 14.2 Å². The van der Waals surface area contributed by atoms with Gasteiger partial charge < -0.3 is 10.4 Å². The molecule has 2 aromatic heterocycles. The lowest BCUT2D eigenvalue weighted by molar-refractivity contribution is -0.139. The van der Waals surface area contributed by atoms with Crippen molar-refractivity contribution in [3.05, 3.63) is 81.3 Å². The summed E-state index contributed by atoms with van der Waals surface area (Å²) in [6.07, 6.45) is 2.55. The van der Waals surface area contributed by atoms with Gasteiger partial charge in [0.2, 0.25) is 0 Å². The zero-order chi connectivity index (χ0) is 26.0. The summed E-state index contributed by atoms with van der Waals surface area (Å²) in [5.41, 5.74) is 0.123. The number of carbonyl (C=O) groups excluding carboxylic acids is 1. The Kier molecular flexibility index (Phi) is 7.54. The highest BCUT2D eigenvalue weighted by Crippen LogP contribution is 2.28. The number of benzene rings is 2. The van der Waals surface area contributed by atoms with Gasteiger partial charge in [0.25, 0.3) is 15.9 Å². The molecule has 0 aliphatic carbocycles. The molecule has 1 atom stereocenters. The summed E-state index contributed by atoms with van der Waals surface area (Å²) >= 11 is 10.2. The van der Waals surface area contributed by atoms with E-state index in [2.05, 4.69) is 35.3 Å². The summed E-state index contributed by atoms with van der Waals surface area (Å²) in [4.78, 5) is 28.8. The van der Waals surface area contributed by atoms with Gasteiger partial charge in [0.15, 0.2) is 5.03 Å². The first-order valence-corrected chi connectivity index (χ1v) is 13.5. The number of amides is 1. The Morgan fingerprint density at radius 3 is 2.69 bits per heavy atom. The number of hydrogen-bond donors (Lipinski definition) is 3. The van der Waals surface area contributed by atoms with Crippen LogP contribution >= 0.6 is 39.1 Å². The van der Waals surface area contributed by atoms with E-state index in [1.54, 1.807) is 6.07 Å². The Bertz CT molecular complexity index is 1600. The zero-order valence-electron chi connectivity index (χ0n) is 17.9. The minimum absolute atomic E-state index is 0.138. The van der Waals surface area contributed by atoms with Gasteiger partial charge in [-0.2, -0.15) is 12.8 Å². The molecular weight excluding hydrogens is 599 g/mol. The van der Waals surface area contributed by atoms with Crippen LogP contribution in [0.3, 0.4) is 0 Å². The second-order valence-corrected chi connectivity index (χ2v) is 11.2. The Hall–Kier alpha value is -3.13. The lowest BCUT2D eigenvalue weighted by Gasteiger charge is -2.17. The van der Waals surface area contributed by atoms with Crippen LogP contribution in [0.25, 0.3) is 10.1 Å². The van der Waals surface area contributed by atoms with E-state index in [0.29, 0.717) is 15.6 Å². The van der Waals surface area contributed by atoms with Crippen molar-refractivity contribution in [1.29, 1.82) is 0 Å². The lowest BCUT2D eigenvalue weighted by atomic mass is 10.0. The molecule has 0 radical (unpaired) electrons. The maximum absolute atomic E-state index is 13.5. The van der Waals surface area contributed by atoms with Gasteiger partial charge in [-0.15, -0.1) is 0 Å². The third-order valence-electron chi connectivity index (χ3n) is 5.00. The molecule has 0 bridgehead atoms. The van der Waals surface area contributed by atoms with Crippen molar-refractivity contribution in [3.8, 4) is 0 Å². The number of nitrogens with one attached hydrogen (secondary N) is 2. The molecule has 4 rings (SSSR count). The first-order chi connectivity index (χ1) is 17.0. The summed E-state index contributed by atoms with van der Waals surface area (Å²) < 4.78 is 46.8. The van der Waals surface area contributed by atoms with E-state index in [0.717, 1.165) is 11.5 Å². The third-order valence-corrected chi connectivity index (χ3v) is 7.93. The minimum atomic E-state index is -4.27. The van der Waals surface area contributed by atoms with Crippen molar-refractivity contribution in [1.82, 2.24) is 14.7 Å². The fraction of sp³-hybridized carbons (Fsp3) is 0.0909. The third kappa shape index (κ3) is 5.64. The van der Waals surface area contributed by atoms with Crippen LogP contribution in [0.4, 0.5) is 10.1 Å². The van der Waals surface area contributed by atoms with E-state index in [4.69, 9.17) is 11.6 Å². The molecule has 0 saturated heterocycles. The van der Waals surface area contributed by atoms with Crippen molar-refractivity contribution >= 4 is 76.7 Å². The van der Waals surface area contributed by atoms with Crippen LogP contribution in [0.2, 0.25) is 5.02 Å². The number of pyridine rings is 1. The van der Waals surface area contributed by atoms with E-state index >= 15 is 0 Å². The fourth-order valence-corrected chi connectivity index (χ4v) is 5.83. The maximum atomic E-state index is 13.5. The topological polar surface area (TPSA) is 138 Å². The van der Waals surface area contributed by atoms with Gasteiger partial charge in [0.1, 0.15) is 11.9 Å². The first-order valence-electron chi connectivity index (χ1n) is 10.0. The van der Waals surface area contributed by atoms with Crippen LogP contribution in [0, 0.1) is 5.82 Å². The van der Waals surface area contributed by atoms with Crippen LogP contribution in [-0.4, -0.2) is 40.8 Å². The predicted octanol–water partition coefficient (Wildman–Crippen LogP) is 4.47. The number of aliphatic carboxylic acids is 1. The summed E-state index contributed by atoms with van der Waals surface area (Å²) in [6.45, 7) is 0. The Morgan fingerprint density at radius 1 is 1.19 bits per heavy atom. The molecule has 0 spiro atoms. The largest absolute Gasteiger partial charge is 0.480 e. The molecule has 0 aliphatic rings. The minimum Gasteiger partial charge on any atom is -0.480 e. The molecule has 2 aromatic carbocycles. The standard InChI is InChI=1S/C22H15BrClFN4O5S2/c23-15-7-11(1-4-16(15)25)8-18(22(31)32)28-20(30)13-3-2-12(24)9-17(13)29-36(33,34)21-14-10-27-35-19(14)5-6-26-21/h1-7,9-10,18,29H,8H2,(H,28,30)(H,31,32)/t18-/m0/s1. The molecule has 3 N–H and O–H groups in total. The van der Waals surface area contributed by atoms with Gasteiger partial charge >= 0.3 is 5.97 Å². The number of halogens is 3. The van der Waals surface area contributed by atoms with Crippen LogP contribution in [-0.2, 0) is 21.2 Å². The molecule has 0 fully saturated rings. The molecule has 186 valence electrons. The molecular formula is C22H15BrClFN4O5S2. The zero-order valence-corrected chi connectivity index (χ0v) is 21.9. The Morgan fingerprint density at radius 2 is 1.97 bits per heavy atom. The van der Waals surface area contributed by atoms with E-state index < -0.39 is 33.8 Å². The molecule has 9 nitrogen and oxygen atoms in total. The number of sulfonamides is 1. The summed E-state index contributed by atoms with van der Waals surface area (Å²) in [5.74, 6) is -2.71. The molecule has 0 aliphatic heterocycles. The van der Waals surface area contributed by atoms with Crippen LogP contribution in [0.5, 0.6) is 0 Å². The molecule has 0 unspecified atom stereocenters. The van der Waals surface area contributed by atoms with Crippen molar-refractivity contribution < 1.29 is 27.5 Å². The molecule has 14 heteroatoms. The molecule has 0 saturated carbocycles. The quantitative estimate of drug-likeness (QED) is 0.267. The van der Waals surface area contributed by atoms with Gasteiger partial charge in [0.05, 0.1) is 32.0 Å². The van der Waals surface area contributed by atoms with Crippen molar-refractivity contribution in [2.24, 2.45) is 0 Å². The Labute approximate surface area is 221 Å². The van der Waals surface area contributed by atoms with E-state index in [1.807, 2.05) is 0 Å². The number of fused-ring (bicyclic) bond motifs is 1. The van der Waals surface area contributed by atoms with Gasteiger partial charge in [0, 0.05) is 17.6 Å². The number of hydrogen-bond acceptors (Lipinski definition) is 7. The highest BCUT2D eigenvalue weighted by atomic mass is 79.9. The highest BCUT2D eigenvalue weighted by molar-refractivity contribution is 9.10. The number of carboxylic acids is 1. The maximum Gasteiger partial charge on any atom is 0.326 e. The molecule has 1 amide bonds. The van der Waals surface area contributed by atoms with Crippen molar-refractivity contribution in [2.45, 2.75) is 17.5 Å². The van der Waals surface area contributed by atoms with Gasteiger partial charge in [-0.05, 0) is 69.4 Å². The first kappa shape index (κ1) is 25.9. The number of carbonyl (C=O) groups is 2. The molecule has 4 aromatic rings. The van der Waals surface area contributed by atoms with Crippen molar-refractivity contribution in [3.63, 3.8) is 0 Å². The summed E-state index contributed by atoms with van der Waals surface area (Å²) in [6, 6.07) is 8.07. The molecule has 36 heavy (non-hydrogen) atoms. The number of aromatic nitrogens is 2. The lowest BCUT2D eigenvalue weighted by Crippen LogP contribution is -2.42. The predicted molar refractivity (Wildman–Crippen MR) is 136 cm³/mol. The Balaban J connectivity index is 1.62. The fourth-order valence-electron chi connectivity index (χ4n) is 3.32. The average Bonchev–Trinajstić information content (AvgIpc) is 3.29. The smallest absolute Gasteiger partial charge is 0.326 e. The van der Waals surface area contributed by atoms with Crippen molar-refractivity contribution in [2.75, 3.05) is 4.72 Å². The second-order valence-electron chi connectivity index (χ2n) is 7.47. The molecule has 2 heterocycles. The average molecular weight is 614 g/mol.